The van der Waals surface area contributed by atoms with Gasteiger partial charge in [-0.2, -0.15) is 4.98 Å². The molecule has 2 aromatic carbocycles. The Balaban J connectivity index is 1.25. The van der Waals surface area contributed by atoms with E-state index in [1.165, 1.54) is 18.7 Å². The fourth-order valence-corrected chi connectivity index (χ4v) is 8.55. The number of nitrogens with zero attached hydrogens (tertiary/aromatic N) is 3. The molecule has 0 radical (unpaired) electrons. The molecule has 3 fully saturated rings. The van der Waals surface area contributed by atoms with E-state index in [0.29, 0.717) is 55.7 Å². The average Bonchev–Trinajstić information content (AvgIpc) is 3.55. The van der Waals surface area contributed by atoms with Gasteiger partial charge in [0.2, 0.25) is 11.8 Å². The highest BCUT2D eigenvalue weighted by atomic mass is 32.2. The van der Waals surface area contributed by atoms with E-state index < -0.39 is 72.1 Å². The fourth-order valence-electron chi connectivity index (χ4n) is 6.99. The standard InChI is InChI=1S/C34H40FN5O8S/c1-19(2)47-21-7-5-20(6-8-21)17-40-25-15-22(23(35)16-26(25)49(45,46)18-24(36)28(40)42)27(41)38-34-12-9-33(10-13-34,11-14-34)29-37-30(48-39-29)32(3,4)31(43)44/h5-8,15-16,19,24H,9-14,17-18,36H2,1-4H3,(H,38,41)(H,43,44)/t24-,33?,34?/m0/s1. The average molecular weight is 698 g/mol. The molecule has 0 spiro atoms. The normalized spacial score (nSPS) is 24.8. The molecule has 1 atom stereocenters. The van der Waals surface area contributed by atoms with Crippen LogP contribution < -0.4 is 20.7 Å². The molecule has 3 aromatic rings. The second-order valence-electron chi connectivity index (χ2n) is 14.3. The number of aliphatic carboxylic acids is 1. The molecular formula is C34H40FN5O8S. The summed E-state index contributed by atoms with van der Waals surface area (Å²) in [4.78, 5) is 44.2. The Bertz CT molecular complexity index is 1900. The lowest BCUT2D eigenvalue weighted by Gasteiger charge is -2.52. The van der Waals surface area contributed by atoms with Gasteiger partial charge >= 0.3 is 5.97 Å². The van der Waals surface area contributed by atoms with Gasteiger partial charge in [0.15, 0.2) is 15.7 Å². The van der Waals surface area contributed by atoms with Crippen molar-refractivity contribution in [1.82, 2.24) is 15.5 Å². The zero-order valence-electron chi connectivity index (χ0n) is 27.8. The molecule has 1 aromatic heterocycles. The monoisotopic (exact) mass is 697 g/mol. The molecule has 7 rings (SSSR count). The molecule has 2 heterocycles. The number of aromatic nitrogens is 2. The number of benzene rings is 2. The summed E-state index contributed by atoms with van der Waals surface area (Å²) in [5, 5.41) is 16.7. The van der Waals surface area contributed by atoms with Crippen molar-refractivity contribution in [2.45, 2.75) is 106 Å². The van der Waals surface area contributed by atoms with Crippen molar-refractivity contribution in [3.63, 3.8) is 0 Å². The van der Waals surface area contributed by atoms with Crippen molar-refractivity contribution in [3.05, 3.63) is 65.1 Å². The molecule has 4 N–H and O–H groups in total. The number of carbonyl (C=O) groups is 3. The van der Waals surface area contributed by atoms with Crippen molar-refractivity contribution in [1.29, 1.82) is 0 Å². The van der Waals surface area contributed by atoms with E-state index in [0.717, 1.165) is 12.1 Å². The molecule has 4 aliphatic rings. The maximum absolute atomic E-state index is 15.7. The van der Waals surface area contributed by atoms with Crippen LogP contribution in [0.3, 0.4) is 0 Å². The van der Waals surface area contributed by atoms with Crippen LogP contribution in [0.5, 0.6) is 5.75 Å². The van der Waals surface area contributed by atoms with Gasteiger partial charge in [-0.15, -0.1) is 0 Å². The maximum atomic E-state index is 15.7. The number of sulfone groups is 1. The largest absolute Gasteiger partial charge is 0.491 e. The summed E-state index contributed by atoms with van der Waals surface area (Å²) < 4.78 is 53.3. The van der Waals surface area contributed by atoms with E-state index in [4.69, 9.17) is 15.0 Å². The van der Waals surface area contributed by atoms with Gasteiger partial charge in [-0.05, 0) is 96.0 Å². The number of carboxylic acids is 1. The number of carboxylic acid groups (broad SMARTS) is 1. The van der Waals surface area contributed by atoms with Gasteiger partial charge in [0.25, 0.3) is 5.91 Å². The topological polar surface area (TPSA) is 195 Å². The van der Waals surface area contributed by atoms with Crippen LogP contribution in [0.1, 0.15) is 93.9 Å². The summed E-state index contributed by atoms with van der Waals surface area (Å²) >= 11 is 0. The first-order chi connectivity index (χ1) is 23.0. The minimum Gasteiger partial charge on any atom is -0.491 e. The first-order valence-corrected chi connectivity index (χ1v) is 17.9. The van der Waals surface area contributed by atoms with Crippen LogP contribution in [-0.2, 0) is 36.8 Å². The fraction of sp³-hybridized carbons (Fsp3) is 0.500. The minimum absolute atomic E-state index is 0.0198. The Kier molecular flexibility index (Phi) is 8.58. The Morgan fingerprint density at radius 2 is 1.78 bits per heavy atom. The molecule has 13 nitrogen and oxygen atoms in total. The molecule has 262 valence electrons. The predicted octanol–water partition coefficient (Wildman–Crippen LogP) is 3.78. The zero-order valence-corrected chi connectivity index (χ0v) is 28.6. The van der Waals surface area contributed by atoms with Crippen LogP contribution in [0.25, 0.3) is 0 Å². The molecule has 3 aliphatic carbocycles. The summed E-state index contributed by atoms with van der Waals surface area (Å²) in [5.74, 6) is -3.14. The third-order valence-electron chi connectivity index (χ3n) is 10.1. The second kappa shape index (κ2) is 12.2. The lowest BCUT2D eigenvalue weighted by atomic mass is 9.57. The van der Waals surface area contributed by atoms with E-state index in [1.54, 1.807) is 24.3 Å². The number of halogens is 1. The number of rotatable bonds is 9. The predicted molar refractivity (Wildman–Crippen MR) is 174 cm³/mol. The number of carbonyl (C=O) groups excluding carboxylic acids is 2. The maximum Gasteiger partial charge on any atom is 0.318 e. The van der Waals surface area contributed by atoms with E-state index >= 15 is 4.39 Å². The molecule has 2 amide bonds. The molecule has 15 heteroatoms. The van der Waals surface area contributed by atoms with Gasteiger partial charge < -0.3 is 30.3 Å². The van der Waals surface area contributed by atoms with Crippen LogP contribution in [0.15, 0.2) is 45.8 Å². The minimum atomic E-state index is -4.19. The second-order valence-corrected chi connectivity index (χ2v) is 16.3. The summed E-state index contributed by atoms with van der Waals surface area (Å²) in [6.45, 7) is 6.70. The number of amides is 2. The van der Waals surface area contributed by atoms with Crippen molar-refractivity contribution in [3.8, 4) is 5.75 Å². The third kappa shape index (κ3) is 6.29. The number of fused-ring (bicyclic) bond motifs is 4. The molecular weight excluding hydrogens is 657 g/mol. The highest BCUT2D eigenvalue weighted by Crippen LogP contribution is 2.53. The highest BCUT2D eigenvalue weighted by Gasteiger charge is 2.53. The lowest BCUT2D eigenvalue weighted by molar-refractivity contribution is -0.143. The zero-order chi connectivity index (χ0) is 35.5. The van der Waals surface area contributed by atoms with Gasteiger partial charge in [-0.25, -0.2) is 12.8 Å². The highest BCUT2D eigenvalue weighted by molar-refractivity contribution is 7.91. The number of anilines is 1. The van der Waals surface area contributed by atoms with Crippen LogP contribution in [-0.4, -0.2) is 64.9 Å². The van der Waals surface area contributed by atoms with Crippen LogP contribution in [0.4, 0.5) is 10.1 Å². The summed E-state index contributed by atoms with van der Waals surface area (Å²) in [6, 6.07) is 7.47. The molecule has 3 saturated carbocycles. The van der Waals surface area contributed by atoms with Crippen molar-refractivity contribution >= 4 is 33.3 Å². The van der Waals surface area contributed by atoms with Gasteiger partial charge in [0.1, 0.15) is 17.0 Å². The Labute approximate surface area is 283 Å². The van der Waals surface area contributed by atoms with Gasteiger partial charge in [0, 0.05) is 11.0 Å². The smallest absolute Gasteiger partial charge is 0.318 e. The summed E-state index contributed by atoms with van der Waals surface area (Å²) in [5.41, 5.74) is 3.73. The van der Waals surface area contributed by atoms with E-state index in [-0.39, 0.29) is 24.2 Å². The Morgan fingerprint density at radius 3 is 2.37 bits per heavy atom. The Hall–Kier alpha value is -4.37. The third-order valence-corrected chi connectivity index (χ3v) is 11.9. The van der Waals surface area contributed by atoms with E-state index in [1.807, 2.05) is 13.8 Å². The number of nitrogens with one attached hydrogen (secondary N) is 1. The quantitative estimate of drug-likeness (QED) is 0.294. The molecule has 49 heavy (non-hydrogen) atoms. The number of hydrogen-bond acceptors (Lipinski definition) is 10. The van der Waals surface area contributed by atoms with E-state index in [9.17, 15) is 27.9 Å². The first kappa shape index (κ1) is 34.5. The van der Waals surface area contributed by atoms with Crippen molar-refractivity contribution in [2.24, 2.45) is 5.73 Å². The molecule has 1 aliphatic heterocycles. The van der Waals surface area contributed by atoms with Crippen LogP contribution in [0.2, 0.25) is 0 Å². The molecule has 0 unspecified atom stereocenters. The van der Waals surface area contributed by atoms with Crippen LogP contribution >= 0.6 is 0 Å². The van der Waals surface area contributed by atoms with E-state index in [2.05, 4.69) is 15.5 Å². The first-order valence-electron chi connectivity index (χ1n) is 16.2. The summed E-state index contributed by atoms with van der Waals surface area (Å²) in [6.07, 6.45) is 3.31. The summed E-state index contributed by atoms with van der Waals surface area (Å²) in [7, 11) is -4.19. The number of ether oxygens (including phenoxy) is 1. The lowest BCUT2D eigenvalue weighted by Crippen LogP contribution is -2.58. The van der Waals surface area contributed by atoms with Gasteiger partial charge in [-0.1, -0.05) is 17.3 Å². The molecule has 2 bridgehead atoms. The molecule has 0 saturated heterocycles. The number of hydrogen-bond donors (Lipinski definition) is 3. The number of nitrogens with two attached hydrogens (primary N) is 1. The SMILES string of the molecule is CC(C)Oc1ccc(CN2C(=O)[C@@H](N)CS(=O)(=O)c3cc(F)c(C(=O)NC45CCC(c6noc(C(C)(C)C(=O)O)n6)(CC4)CC5)cc32)cc1. The van der Waals surface area contributed by atoms with Crippen LogP contribution in [0, 0.1) is 5.82 Å². The van der Waals surface area contributed by atoms with Gasteiger partial charge in [-0.3, -0.25) is 14.4 Å². The van der Waals surface area contributed by atoms with Crippen molar-refractivity contribution < 1.29 is 41.6 Å². The van der Waals surface area contributed by atoms with Gasteiger partial charge in [0.05, 0.1) is 40.6 Å². The van der Waals surface area contributed by atoms with Crippen molar-refractivity contribution in [2.75, 3.05) is 10.7 Å². The Morgan fingerprint density at radius 1 is 1.14 bits per heavy atom.